The number of carbonyl (C=O) groups excluding carboxylic acids is 2. The maximum atomic E-state index is 12.3. The van der Waals surface area contributed by atoms with Crippen molar-refractivity contribution < 1.29 is 19.1 Å². The van der Waals surface area contributed by atoms with Crippen LogP contribution in [0, 0.1) is 11.3 Å². The van der Waals surface area contributed by atoms with Gasteiger partial charge in [0.15, 0.2) is 6.61 Å². The van der Waals surface area contributed by atoms with Gasteiger partial charge in [0.25, 0.3) is 5.91 Å². The van der Waals surface area contributed by atoms with Crippen molar-refractivity contribution in [3.05, 3.63) is 59.2 Å². The third-order valence-corrected chi connectivity index (χ3v) is 3.73. The number of nitrogens with one attached hydrogen (secondary N) is 1. The number of rotatable bonds is 4. The van der Waals surface area contributed by atoms with Crippen molar-refractivity contribution in [3.8, 4) is 11.8 Å². The molecule has 2 aromatic rings. The second kappa shape index (κ2) is 6.89. The number of nitriles is 1. The van der Waals surface area contributed by atoms with Gasteiger partial charge in [0, 0.05) is 22.4 Å². The Kier molecular flexibility index (Phi) is 4.48. The van der Waals surface area contributed by atoms with E-state index in [1.54, 1.807) is 42.5 Å². The lowest BCUT2D eigenvalue weighted by Crippen LogP contribution is -2.04. The summed E-state index contributed by atoms with van der Waals surface area (Å²) in [5, 5.41) is 11.4. The number of anilines is 1. The average molecular weight is 334 g/mol. The van der Waals surface area contributed by atoms with Crippen molar-refractivity contribution in [2.75, 3.05) is 19.0 Å². The minimum Gasteiger partial charge on any atom is -0.478 e. The summed E-state index contributed by atoms with van der Waals surface area (Å²) in [6, 6.07) is 13.9. The molecule has 1 aliphatic rings. The van der Waals surface area contributed by atoms with Crippen LogP contribution in [0.5, 0.6) is 5.75 Å². The second-order valence-electron chi connectivity index (χ2n) is 5.25. The van der Waals surface area contributed by atoms with Crippen LogP contribution in [0.15, 0.2) is 42.5 Å². The summed E-state index contributed by atoms with van der Waals surface area (Å²) in [5.41, 5.74) is 2.75. The maximum Gasteiger partial charge on any atom is 0.337 e. The highest BCUT2D eigenvalue weighted by Crippen LogP contribution is 2.35. The highest BCUT2D eigenvalue weighted by Gasteiger charge is 2.25. The molecule has 3 rings (SSSR count). The molecule has 0 aliphatic carbocycles. The van der Waals surface area contributed by atoms with E-state index in [2.05, 4.69) is 10.1 Å². The van der Waals surface area contributed by atoms with Crippen molar-refractivity contribution in [3.63, 3.8) is 0 Å². The van der Waals surface area contributed by atoms with Gasteiger partial charge in [-0.05, 0) is 24.3 Å². The normalized spacial score (nSPS) is 13.8. The van der Waals surface area contributed by atoms with Crippen molar-refractivity contribution in [2.45, 2.75) is 0 Å². The van der Waals surface area contributed by atoms with Gasteiger partial charge in [-0.25, -0.2) is 4.79 Å². The first kappa shape index (κ1) is 16.3. The van der Waals surface area contributed by atoms with Crippen LogP contribution in [-0.4, -0.2) is 25.6 Å². The summed E-state index contributed by atoms with van der Waals surface area (Å²) in [7, 11) is 1.30. The quantitative estimate of drug-likeness (QED) is 0.686. The maximum absolute atomic E-state index is 12.3. The molecule has 6 heteroatoms. The fourth-order valence-electron chi connectivity index (χ4n) is 2.58. The molecule has 0 saturated heterocycles. The van der Waals surface area contributed by atoms with Gasteiger partial charge in [-0.15, -0.1) is 0 Å². The van der Waals surface area contributed by atoms with E-state index in [-0.39, 0.29) is 12.5 Å². The van der Waals surface area contributed by atoms with E-state index in [9.17, 15) is 9.59 Å². The molecule has 1 amide bonds. The molecule has 0 unspecified atom stereocenters. The fraction of sp³-hybridized carbons (Fsp3) is 0.105. The van der Waals surface area contributed by atoms with Crippen molar-refractivity contribution >= 4 is 29.2 Å². The topological polar surface area (TPSA) is 88.4 Å². The standard InChI is InChI=1S/C19H14N2O4/c1-24-19(23)13-6-7-14-15(18(22)21-16(14)11-13)10-12-4-2-3-5-17(12)25-9-8-20/h2-7,10-11H,9H2,1H3,(H,21,22)/b15-10+. The first-order valence-corrected chi connectivity index (χ1v) is 7.48. The van der Waals surface area contributed by atoms with E-state index in [0.29, 0.717) is 33.7 Å². The third-order valence-electron chi connectivity index (χ3n) is 3.73. The lowest BCUT2D eigenvalue weighted by Gasteiger charge is -2.06. The SMILES string of the molecule is COC(=O)c1ccc2c(c1)NC(=O)/C2=C/c1ccccc1OCC#N. The molecule has 1 heterocycles. The van der Waals surface area contributed by atoms with Gasteiger partial charge in [-0.1, -0.05) is 24.3 Å². The first-order chi connectivity index (χ1) is 12.1. The number of ether oxygens (including phenoxy) is 2. The molecule has 0 radical (unpaired) electrons. The Morgan fingerprint density at radius 1 is 1.28 bits per heavy atom. The van der Waals surface area contributed by atoms with Gasteiger partial charge < -0.3 is 14.8 Å². The first-order valence-electron chi connectivity index (χ1n) is 7.48. The van der Waals surface area contributed by atoms with E-state index in [1.165, 1.54) is 7.11 Å². The van der Waals surface area contributed by atoms with E-state index in [1.807, 2.05) is 12.1 Å². The predicted octanol–water partition coefficient (Wildman–Crippen LogP) is 2.87. The van der Waals surface area contributed by atoms with Gasteiger partial charge in [0.1, 0.15) is 11.8 Å². The van der Waals surface area contributed by atoms with E-state index in [0.717, 1.165) is 0 Å². The summed E-state index contributed by atoms with van der Waals surface area (Å²) in [4.78, 5) is 23.9. The summed E-state index contributed by atoms with van der Waals surface area (Å²) < 4.78 is 10.1. The number of hydrogen-bond acceptors (Lipinski definition) is 5. The molecular formula is C19H14N2O4. The zero-order chi connectivity index (χ0) is 17.8. The van der Waals surface area contributed by atoms with E-state index in [4.69, 9.17) is 10.00 Å². The minimum atomic E-state index is -0.468. The number of methoxy groups -OCH3 is 1. The van der Waals surface area contributed by atoms with Crippen LogP contribution in [0.4, 0.5) is 5.69 Å². The molecular weight excluding hydrogens is 320 g/mol. The summed E-state index contributed by atoms with van der Waals surface area (Å²) in [6.45, 7) is -0.0779. The molecule has 0 fully saturated rings. The monoisotopic (exact) mass is 334 g/mol. The second-order valence-corrected chi connectivity index (χ2v) is 5.25. The number of carbonyl (C=O) groups is 2. The Hall–Kier alpha value is -3.59. The van der Waals surface area contributed by atoms with Crippen LogP contribution in [0.3, 0.4) is 0 Å². The molecule has 2 aromatic carbocycles. The molecule has 6 nitrogen and oxygen atoms in total. The number of fused-ring (bicyclic) bond motifs is 1. The predicted molar refractivity (Wildman–Crippen MR) is 91.8 cm³/mol. The van der Waals surface area contributed by atoms with Crippen LogP contribution in [-0.2, 0) is 9.53 Å². The molecule has 0 aromatic heterocycles. The number of nitrogens with zero attached hydrogens (tertiary/aromatic N) is 1. The Morgan fingerprint density at radius 2 is 2.08 bits per heavy atom. The van der Waals surface area contributed by atoms with Crippen LogP contribution in [0.2, 0.25) is 0 Å². The van der Waals surface area contributed by atoms with Crippen LogP contribution >= 0.6 is 0 Å². The van der Waals surface area contributed by atoms with Gasteiger partial charge in [-0.3, -0.25) is 4.79 Å². The van der Waals surface area contributed by atoms with Gasteiger partial charge in [0.05, 0.1) is 12.7 Å². The number of hydrogen-bond donors (Lipinski definition) is 1. The van der Waals surface area contributed by atoms with Gasteiger partial charge >= 0.3 is 5.97 Å². The van der Waals surface area contributed by atoms with Crippen LogP contribution < -0.4 is 10.1 Å². The zero-order valence-electron chi connectivity index (χ0n) is 13.4. The Morgan fingerprint density at radius 3 is 2.84 bits per heavy atom. The molecule has 1 aliphatic heterocycles. The summed E-state index contributed by atoms with van der Waals surface area (Å²) >= 11 is 0. The largest absolute Gasteiger partial charge is 0.478 e. The Bertz CT molecular complexity index is 925. The van der Waals surface area contributed by atoms with Crippen molar-refractivity contribution in [1.29, 1.82) is 5.26 Å². The molecule has 0 atom stereocenters. The zero-order valence-corrected chi connectivity index (χ0v) is 13.4. The average Bonchev–Trinajstić information content (AvgIpc) is 2.95. The number of benzene rings is 2. The van der Waals surface area contributed by atoms with Gasteiger partial charge in [0.2, 0.25) is 0 Å². The van der Waals surface area contributed by atoms with Crippen molar-refractivity contribution in [1.82, 2.24) is 0 Å². The molecule has 0 spiro atoms. The highest BCUT2D eigenvalue weighted by molar-refractivity contribution is 6.35. The highest BCUT2D eigenvalue weighted by atomic mass is 16.5. The lowest BCUT2D eigenvalue weighted by atomic mass is 10.0. The Labute approximate surface area is 144 Å². The summed E-state index contributed by atoms with van der Waals surface area (Å²) in [5.74, 6) is -0.221. The number of esters is 1. The van der Waals surface area contributed by atoms with Crippen molar-refractivity contribution in [2.24, 2.45) is 0 Å². The van der Waals surface area contributed by atoms with E-state index >= 15 is 0 Å². The van der Waals surface area contributed by atoms with Crippen LogP contribution in [0.1, 0.15) is 21.5 Å². The Balaban J connectivity index is 2.01. The number of amides is 1. The molecule has 124 valence electrons. The van der Waals surface area contributed by atoms with Crippen LogP contribution in [0.25, 0.3) is 11.6 Å². The summed E-state index contributed by atoms with van der Waals surface area (Å²) in [6.07, 6.45) is 1.70. The smallest absolute Gasteiger partial charge is 0.337 e. The number of para-hydroxylation sites is 1. The molecule has 0 bridgehead atoms. The minimum absolute atomic E-state index is 0.0779. The fourth-order valence-corrected chi connectivity index (χ4v) is 2.58. The van der Waals surface area contributed by atoms with Gasteiger partial charge in [-0.2, -0.15) is 5.26 Å². The third kappa shape index (κ3) is 3.21. The molecule has 0 saturated carbocycles. The molecule has 1 N–H and O–H groups in total. The lowest BCUT2D eigenvalue weighted by molar-refractivity contribution is -0.110. The van der Waals surface area contributed by atoms with E-state index < -0.39 is 5.97 Å². The molecule has 25 heavy (non-hydrogen) atoms.